The zero-order valence-corrected chi connectivity index (χ0v) is 11.3. The Hall–Kier alpha value is -0.940. The Bertz CT molecular complexity index is 631. The second-order valence-electron chi connectivity index (χ2n) is 3.48. The Labute approximate surface area is 111 Å². The Kier molecular flexibility index (Phi) is 2.65. The van der Waals surface area contributed by atoms with Gasteiger partial charge in [0.1, 0.15) is 0 Å². The number of halogens is 1. The molecule has 78 valence electrons. The van der Waals surface area contributed by atoms with E-state index >= 15 is 0 Å². The number of rotatable bonds is 1. The van der Waals surface area contributed by atoms with Crippen LogP contribution in [0.4, 0.5) is 0 Å². The minimum absolute atomic E-state index is 1.07. The number of pyridine rings is 1. The third-order valence-electron chi connectivity index (χ3n) is 2.44. The number of para-hydroxylation sites is 1. The second kappa shape index (κ2) is 4.14. The van der Waals surface area contributed by atoms with Crippen LogP contribution in [0, 0.1) is 3.57 Å². The fraction of sp³-hybridized carbons (Fsp3) is 0. The molecule has 0 aliphatic rings. The van der Waals surface area contributed by atoms with Gasteiger partial charge in [-0.05, 0) is 46.2 Å². The van der Waals surface area contributed by atoms with E-state index in [2.05, 4.69) is 69.4 Å². The Morgan fingerprint density at radius 3 is 2.75 bits per heavy atom. The molecule has 0 fully saturated rings. The first-order chi connectivity index (χ1) is 7.84. The largest absolute Gasteiger partial charge is 0.247 e. The van der Waals surface area contributed by atoms with E-state index in [1.165, 1.54) is 13.8 Å². The number of fused-ring (bicyclic) bond motifs is 1. The summed E-state index contributed by atoms with van der Waals surface area (Å²) in [7, 11) is 0. The van der Waals surface area contributed by atoms with E-state index in [-0.39, 0.29) is 0 Å². The van der Waals surface area contributed by atoms with Crippen LogP contribution in [-0.4, -0.2) is 4.98 Å². The van der Waals surface area contributed by atoms with Crippen LogP contribution in [0.15, 0.2) is 47.8 Å². The number of hydrogen-bond acceptors (Lipinski definition) is 2. The lowest BCUT2D eigenvalue weighted by Crippen LogP contribution is -1.86. The third-order valence-corrected chi connectivity index (χ3v) is 4.22. The van der Waals surface area contributed by atoms with Crippen LogP contribution < -0.4 is 0 Å². The first-order valence-electron chi connectivity index (χ1n) is 4.94. The van der Waals surface area contributed by atoms with Crippen LogP contribution in [0.3, 0.4) is 0 Å². The first-order valence-corrected chi connectivity index (χ1v) is 6.89. The molecule has 0 aliphatic heterocycles. The highest BCUT2D eigenvalue weighted by Crippen LogP contribution is 2.28. The van der Waals surface area contributed by atoms with Crippen LogP contribution in [0.1, 0.15) is 0 Å². The van der Waals surface area contributed by atoms with Gasteiger partial charge < -0.3 is 0 Å². The quantitative estimate of drug-likeness (QED) is 0.593. The topological polar surface area (TPSA) is 12.9 Å². The SMILES string of the molecule is Ic1cc(-c2cccs2)nc2ccccc12. The molecule has 0 saturated heterocycles. The highest BCUT2D eigenvalue weighted by Gasteiger charge is 2.05. The van der Waals surface area contributed by atoms with E-state index in [9.17, 15) is 0 Å². The van der Waals surface area contributed by atoms with E-state index in [0.717, 1.165) is 11.2 Å². The van der Waals surface area contributed by atoms with E-state index < -0.39 is 0 Å². The smallest absolute Gasteiger partial charge is 0.0819 e. The van der Waals surface area contributed by atoms with Gasteiger partial charge in [0.25, 0.3) is 0 Å². The summed E-state index contributed by atoms with van der Waals surface area (Å²) >= 11 is 4.10. The molecule has 16 heavy (non-hydrogen) atoms. The minimum Gasteiger partial charge on any atom is -0.247 e. The molecule has 0 unspecified atom stereocenters. The van der Waals surface area contributed by atoms with Gasteiger partial charge in [-0.3, -0.25) is 0 Å². The molecule has 0 radical (unpaired) electrons. The summed E-state index contributed by atoms with van der Waals surface area (Å²) in [5.41, 5.74) is 2.14. The monoisotopic (exact) mass is 337 g/mol. The summed E-state index contributed by atoms with van der Waals surface area (Å²) < 4.78 is 1.26. The number of thiophene rings is 1. The van der Waals surface area contributed by atoms with Gasteiger partial charge in [-0.25, -0.2) is 4.98 Å². The summed E-state index contributed by atoms with van der Waals surface area (Å²) in [4.78, 5) is 5.91. The van der Waals surface area contributed by atoms with E-state index in [1.807, 2.05) is 6.07 Å². The summed E-state index contributed by atoms with van der Waals surface area (Å²) in [6, 6.07) is 14.6. The molecule has 3 rings (SSSR count). The highest BCUT2D eigenvalue weighted by atomic mass is 127. The zero-order valence-electron chi connectivity index (χ0n) is 8.35. The predicted molar refractivity (Wildman–Crippen MR) is 77.8 cm³/mol. The average molecular weight is 337 g/mol. The van der Waals surface area contributed by atoms with Crippen LogP contribution in [0.25, 0.3) is 21.5 Å². The van der Waals surface area contributed by atoms with Crippen LogP contribution >= 0.6 is 33.9 Å². The third kappa shape index (κ3) is 1.74. The van der Waals surface area contributed by atoms with Crippen molar-refractivity contribution in [3.63, 3.8) is 0 Å². The molecule has 2 heterocycles. The number of benzene rings is 1. The van der Waals surface area contributed by atoms with E-state index in [4.69, 9.17) is 0 Å². The average Bonchev–Trinajstić information content (AvgIpc) is 2.82. The van der Waals surface area contributed by atoms with Crippen molar-refractivity contribution >= 4 is 44.8 Å². The molecule has 1 aromatic carbocycles. The van der Waals surface area contributed by atoms with E-state index in [1.54, 1.807) is 11.3 Å². The van der Waals surface area contributed by atoms with Gasteiger partial charge in [0.15, 0.2) is 0 Å². The lowest BCUT2D eigenvalue weighted by Gasteiger charge is -2.03. The summed E-state index contributed by atoms with van der Waals surface area (Å²) in [5, 5.41) is 3.31. The summed E-state index contributed by atoms with van der Waals surface area (Å²) in [6.07, 6.45) is 0. The van der Waals surface area contributed by atoms with Crippen LogP contribution in [0.5, 0.6) is 0 Å². The molecule has 0 atom stereocenters. The molecule has 0 aliphatic carbocycles. The van der Waals surface area contributed by atoms with Crippen molar-refractivity contribution in [2.75, 3.05) is 0 Å². The molecule has 0 saturated carbocycles. The molecule has 2 aromatic heterocycles. The van der Waals surface area contributed by atoms with Gasteiger partial charge in [-0.15, -0.1) is 11.3 Å². The normalized spacial score (nSPS) is 10.8. The lowest BCUT2D eigenvalue weighted by molar-refractivity contribution is 1.41. The van der Waals surface area contributed by atoms with Crippen molar-refractivity contribution in [1.82, 2.24) is 4.98 Å². The molecule has 1 nitrogen and oxygen atoms in total. The molecular formula is C13H8INS. The Morgan fingerprint density at radius 1 is 1.06 bits per heavy atom. The van der Waals surface area contributed by atoms with Gasteiger partial charge in [0, 0.05) is 8.96 Å². The van der Waals surface area contributed by atoms with E-state index in [0.29, 0.717) is 0 Å². The molecule has 0 spiro atoms. The summed E-state index contributed by atoms with van der Waals surface area (Å²) in [5.74, 6) is 0. The van der Waals surface area contributed by atoms with Crippen molar-refractivity contribution in [1.29, 1.82) is 0 Å². The van der Waals surface area contributed by atoms with Gasteiger partial charge in [-0.2, -0.15) is 0 Å². The summed E-state index contributed by atoms with van der Waals surface area (Å²) in [6.45, 7) is 0. The van der Waals surface area contributed by atoms with Gasteiger partial charge in [0.05, 0.1) is 16.1 Å². The van der Waals surface area contributed by atoms with Crippen molar-refractivity contribution in [2.24, 2.45) is 0 Å². The zero-order chi connectivity index (χ0) is 11.0. The van der Waals surface area contributed by atoms with Crippen LogP contribution in [0.2, 0.25) is 0 Å². The first kappa shape index (κ1) is 10.2. The highest BCUT2D eigenvalue weighted by molar-refractivity contribution is 14.1. The van der Waals surface area contributed by atoms with Crippen molar-refractivity contribution in [2.45, 2.75) is 0 Å². The van der Waals surface area contributed by atoms with Gasteiger partial charge >= 0.3 is 0 Å². The van der Waals surface area contributed by atoms with Crippen molar-refractivity contribution in [3.05, 3.63) is 51.4 Å². The second-order valence-corrected chi connectivity index (χ2v) is 5.59. The predicted octanol–water partition coefficient (Wildman–Crippen LogP) is 4.57. The van der Waals surface area contributed by atoms with Crippen molar-refractivity contribution < 1.29 is 0 Å². The minimum atomic E-state index is 1.07. The molecule has 0 bridgehead atoms. The number of hydrogen-bond donors (Lipinski definition) is 0. The van der Waals surface area contributed by atoms with Gasteiger partial charge in [-0.1, -0.05) is 24.3 Å². The molecule has 0 amide bonds. The molecule has 3 heteroatoms. The maximum absolute atomic E-state index is 4.68. The van der Waals surface area contributed by atoms with Crippen LogP contribution in [-0.2, 0) is 0 Å². The Morgan fingerprint density at radius 2 is 1.94 bits per heavy atom. The molecular weight excluding hydrogens is 329 g/mol. The Balaban J connectivity index is 2.29. The maximum Gasteiger partial charge on any atom is 0.0819 e. The molecule has 3 aromatic rings. The molecule has 0 N–H and O–H groups in total. The standard InChI is InChI=1S/C13H8INS/c14-10-8-12(13-6-3-7-16-13)15-11-5-2-1-4-9(10)11/h1-8H. The lowest BCUT2D eigenvalue weighted by atomic mass is 10.2. The number of nitrogens with zero attached hydrogens (tertiary/aromatic N) is 1. The fourth-order valence-corrected chi connectivity index (χ4v) is 3.12. The van der Waals surface area contributed by atoms with Gasteiger partial charge in [0.2, 0.25) is 0 Å². The van der Waals surface area contributed by atoms with Crippen molar-refractivity contribution in [3.8, 4) is 10.6 Å². The fourth-order valence-electron chi connectivity index (χ4n) is 1.68. The maximum atomic E-state index is 4.68. The number of aromatic nitrogens is 1.